The van der Waals surface area contributed by atoms with Crippen LogP contribution < -0.4 is 5.32 Å². The van der Waals surface area contributed by atoms with Crippen molar-refractivity contribution < 1.29 is 0 Å². The molecule has 116 valence electrons. The van der Waals surface area contributed by atoms with E-state index in [4.69, 9.17) is 0 Å². The van der Waals surface area contributed by atoms with Gasteiger partial charge in [-0.15, -0.1) is 11.3 Å². The number of halogens is 1. The van der Waals surface area contributed by atoms with Crippen LogP contribution in [0.2, 0.25) is 0 Å². The van der Waals surface area contributed by atoms with Gasteiger partial charge in [-0.1, -0.05) is 6.92 Å². The maximum absolute atomic E-state index is 4.54. The molecule has 21 heavy (non-hydrogen) atoms. The highest BCUT2D eigenvalue weighted by Gasteiger charge is 2.17. The van der Waals surface area contributed by atoms with Crippen LogP contribution in [0.5, 0.6) is 0 Å². The van der Waals surface area contributed by atoms with Gasteiger partial charge in [0.05, 0.1) is 5.69 Å². The first-order valence-electron chi connectivity index (χ1n) is 7.47. The van der Waals surface area contributed by atoms with Gasteiger partial charge >= 0.3 is 0 Å². The topological polar surface area (TPSA) is 29.9 Å². The fraction of sp³-hybridized carbons (Fsp3) is 0.562. The third-order valence-corrected chi connectivity index (χ3v) is 5.86. The molecule has 0 saturated carbocycles. The summed E-state index contributed by atoms with van der Waals surface area (Å²) in [5.41, 5.74) is 3.82. The molecular weight excluding hydrogens is 346 g/mol. The van der Waals surface area contributed by atoms with E-state index in [1.54, 1.807) is 0 Å². The normalized spacial score (nSPS) is 12.8. The lowest BCUT2D eigenvalue weighted by atomic mass is 10.0. The number of nitrogens with zero attached hydrogens (tertiary/aromatic N) is 2. The van der Waals surface area contributed by atoms with Crippen LogP contribution in [0.4, 0.5) is 0 Å². The van der Waals surface area contributed by atoms with Gasteiger partial charge in [-0.05, 0) is 72.6 Å². The lowest BCUT2D eigenvalue weighted by Gasteiger charge is -2.18. The number of hydrogen-bond donors (Lipinski definition) is 1. The van der Waals surface area contributed by atoms with Gasteiger partial charge in [0.25, 0.3) is 0 Å². The zero-order valence-electron chi connectivity index (χ0n) is 13.2. The third kappa shape index (κ3) is 4.18. The summed E-state index contributed by atoms with van der Waals surface area (Å²) in [5, 5.41) is 10.4. The Hall–Kier alpha value is -0.650. The summed E-state index contributed by atoms with van der Waals surface area (Å²) in [4.78, 5) is 1.42. The molecule has 0 amide bonds. The van der Waals surface area contributed by atoms with Crippen LogP contribution in [0, 0.1) is 13.8 Å². The van der Waals surface area contributed by atoms with E-state index >= 15 is 0 Å². The molecule has 0 aliphatic heterocycles. The number of nitrogens with one attached hydrogen (secondary N) is 1. The van der Waals surface area contributed by atoms with Crippen molar-refractivity contribution in [1.29, 1.82) is 0 Å². The average Bonchev–Trinajstić information content (AvgIpc) is 2.95. The van der Waals surface area contributed by atoms with E-state index in [1.807, 2.05) is 23.1 Å². The van der Waals surface area contributed by atoms with Crippen molar-refractivity contribution in [1.82, 2.24) is 15.1 Å². The van der Waals surface area contributed by atoms with Gasteiger partial charge in [0.15, 0.2) is 0 Å². The van der Waals surface area contributed by atoms with E-state index in [0.29, 0.717) is 6.04 Å². The van der Waals surface area contributed by atoms with Crippen LogP contribution in [0.1, 0.15) is 35.2 Å². The van der Waals surface area contributed by atoms with Gasteiger partial charge < -0.3 is 5.32 Å². The van der Waals surface area contributed by atoms with Crippen molar-refractivity contribution in [3.05, 3.63) is 37.7 Å². The van der Waals surface area contributed by atoms with Crippen molar-refractivity contribution >= 4 is 27.3 Å². The molecule has 2 aromatic rings. The molecule has 0 aliphatic carbocycles. The van der Waals surface area contributed by atoms with Gasteiger partial charge in [-0.3, -0.25) is 4.68 Å². The molecule has 0 radical (unpaired) electrons. The summed E-state index contributed by atoms with van der Waals surface area (Å²) in [6, 6.07) is 2.60. The number of hydrogen-bond acceptors (Lipinski definition) is 3. The minimum atomic E-state index is 0.460. The molecule has 0 saturated heterocycles. The minimum absolute atomic E-state index is 0.460. The molecule has 1 unspecified atom stereocenters. The Morgan fingerprint density at radius 3 is 2.67 bits per heavy atom. The Kier molecular flexibility index (Phi) is 6.02. The molecule has 1 N–H and O–H groups in total. The molecule has 2 heterocycles. The lowest BCUT2D eigenvalue weighted by molar-refractivity contribution is 0.505. The largest absolute Gasteiger partial charge is 0.313 e. The number of aryl methyl sites for hydroxylation is 2. The van der Waals surface area contributed by atoms with E-state index in [1.165, 1.54) is 20.6 Å². The van der Waals surface area contributed by atoms with Gasteiger partial charge in [-0.25, -0.2) is 0 Å². The Morgan fingerprint density at radius 2 is 2.14 bits per heavy atom. The van der Waals surface area contributed by atoms with E-state index in [9.17, 15) is 0 Å². The van der Waals surface area contributed by atoms with Crippen LogP contribution >= 0.6 is 27.3 Å². The van der Waals surface area contributed by atoms with Crippen LogP contribution in [0.15, 0.2) is 15.9 Å². The van der Waals surface area contributed by atoms with Crippen LogP contribution in [0.3, 0.4) is 0 Å². The molecule has 3 nitrogen and oxygen atoms in total. The molecule has 1 atom stereocenters. The molecule has 2 rings (SSSR count). The zero-order chi connectivity index (χ0) is 15.4. The van der Waals surface area contributed by atoms with E-state index in [2.05, 4.69) is 58.6 Å². The van der Waals surface area contributed by atoms with E-state index in [0.717, 1.165) is 31.5 Å². The number of thiophene rings is 1. The van der Waals surface area contributed by atoms with Gasteiger partial charge in [0.2, 0.25) is 0 Å². The Labute approximate surface area is 139 Å². The first kappa shape index (κ1) is 16.7. The van der Waals surface area contributed by atoms with Gasteiger partial charge in [0.1, 0.15) is 0 Å². The van der Waals surface area contributed by atoms with Gasteiger partial charge in [-0.2, -0.15) is 5.10 Å². The predicted octanol–water partition coefficient (Wildman–Crippen LogP) is 4.01. The van der Waals surface area contributed by atoms with Crippen LogP contribution in [-0.4, -0.2) is 22.4 Å². The van der Waals surface area contributed by atoms with Crippen LogP contribution in [0.25, 0.3) is 0 Å². The quantitative estimate of drug-likeness (QED) is 0.798. The van der Waals surface area contributed by atoms with E-state index < -0.39 is 0 Å². The smallest absolute Gasteiger partial charge is 0.0628 e. The number of aromatic nitrogens is 2. The number of rotatable bonds is 7. The third-order valence-electron chi connectivity index (χ3n) is 3.92. The maximum atomic E-state index is 4.54. The SMILES string of the molecule is CCCNC(Cc1sccc1Br)Cc1c(C)nn(C)c1C. The fourth-order valence-electron chi connectivity index (χ4n) is 2.62. The second-order valence-electron chi connectivity index (χ2n) is 5.52. The van der Waals surface area contributed by atoms with Crippen molar-refractivity contribution in [2.24, 2.45) is 7.05 Å². The second kappa shape index (κ2) is 7.56. The zero-order valence-corrected chi connectivity index (χ0v) is 15.6. The molecule has 5 heteroatoms. The summed E-state index contributed by atoms with van der Waals surface area (Å²) in [7, 11) is 2.02. The monoisotopic (exact) mass is 369 g/mol. The molecule has 2 aromatic heterocycles. The van der Waals surface area contributed by atoms with Crippen molar-refractivity contribution in [3.63, 3.8) is 0 Å². The average molecular weight is 370 g/mol. The summed E-state index contributed by atoms with van der Waals surface area (Å²) in [6.45, 7) is 7.55. The molecule has 0 bridgehead atoms. The lowest BCUT2D eigenvalue weighted by Crippen LogP contribution is -2.34. The highest BCUT2D eigenvalue weighted by atomic mass is 79.9. The maximum Gasteiger partial charge on any atom is 0.0628 e. The summed E-state index contributed by atoms with van der Waals surface area (Å²) < 4.78 is 3.22. The summed E-state index contributed by atoms with van der Waals surface area (Å²) in [5.74, 6) is 0. The van der Waals surface area contributed by atoms with E-state index in [-0.39, 0.29) is 0 Å². The van der Waals surface area contributed by atoms with Crippen molar-refractivity contribution in [3.8, 4) is 0 Å². The Balaban J connectivity index is 2.14. The highest BCUT2D eigenvalue weighted by Crippen LogP contribution is 2.25. The van der Waals surface area contributed by atoms with Gasteiger partial charge in [0, 0.05) is 28.1 Å². The Morgan fingerprint density at radius 1 is 1.38 bits per heavy atom. The molecule has 0 aliphatic rings. The van der Waals surface area contributed by atoms with Crippen molar-refractivity contribution in [2.45, 2.75) is 46.1 Å². The first-order chi connectivity index (χ1) is 10.0. The molecule has 0 aromatic carbocycles. The molecule has 0 spiro atoms. The summed E-state index contributed by atoms with van der Waals surface area (Å²) >= 11 is 5.48. The highest BCUT2D eigenvalue weighted by molar-refractivity contribution is 9.10. The Bertz CT molecular complexity index is 588. The van der Waals surface area contributed by atoms with Crippen molar-refractivity contribution in [2.75, 3.05) is 6.54 Å². The summed E-state index contributed by atoms with van der Waals surface area (Å²) in [6.07, 6.45) is 3.26. The van der Waals surface area contributed by atoms with Crippen LogP contribution in [-0.2, 0) is 19.9 Å². The molecular formula is C16H24BrN3S. The standard InChI is InChI=1S/C16H24BrN3S/c1-5-7-18-13(10-16-15(17)6-8-21-16)9-14-11(2)19-20(4)12(14)3/h6,8,13,18H,5,7,9-10H2,1-4H3. The second-order valence-corrected chi connectivity index (χ2v) is 7.38. The fourth-order valence-corrected chi connectivity index (χ4v) is 4.21. The first-order valence-corrected chi connectivity index (χ1v) is 9.14. The minimum Gasteiger partial charge on any atom is -0.313 e. The molecule has 0 fully saturated rings. The predicted molar refractivity (Wildman–Crippen MR) is 94.2 cm³/mol.